The first-order chi connectivity index (χ1) is 5.61. The Kier molecular flexibility index (Phi) is 3.05. The number of aliphatic carboxylic acids is 1. The van der Waals surface area contributed by atoms with Crippen LogP contribution in [0.25, 0.3) is 0 Å². The van der Waals surface area contributed by atoms with Crippen molar-refractivity contribution < 1.29 is 18.3 Å². The monoisotopic (exact) mass is 193 g/mol. The number of carboxylic acid groups (broad SMARTS) is 1. The molecule has 1 rings (SSSR count). The van der Waals surface area contributed by atoms with Crippen molar-refractivity contribution in [1.29, 1.82) is 0 Å². The van der Waals surface area contributed by atoms with Gasteiger partial charge in [0.25, 0.3) is 0 Å². The molecule has 1 aliphatic heterocycles. The molecule has 1 heterocycles. The molecule has 0 aromatic carbocycles. The number of rotatable bonds is 2. The highest BCUT2D eigenvalue weighted by molar-refractivity contribution is 7.69. The Labute approximate surface area is 72.1 Å². The van der Waals surface area contributed by atoms with Gasteiger partial charge in [-0.15, -0.1) is 0 Å². The Morgan fingerprint density at radius 1 is 1.33 bits per heavy atom. The zero-order valence-corrected chi connectivity index (χ0v) is 7.37. The summed E-state index contributed by atoms with van der Waals surface area (Å²) in [6.45, 7) is 0.686. The van der Waals surface area contributed by atoms with Gasteiger partial charge in [0.2, 0.25) is 10.9 Å². The summed E-state index contributed by atoms with van der Waals surface area (Å²) in [6, 6.07) is 0. The standard InChI is InChI=1S/C6H11NO4S/c8-6(9)5-1-3-7(4-2-5)12(10)11/h5,12H,1-4H2,(H,8,9). The maximum absolute atomic E-state index is 10.5. The minimum atomic E-state index is -2.52. The van der Waals surface area contributed by atoms with Crippen LogP contribution in [-0.2, 0) is 15.7 Å². The van der Waals surface area contributed by atoms with E-state index in [1.54, 1.807) is 0 Å². The summed E-state index contributed by atoms with van der Waals surface area (Å²) in [5.74, 6) is -1.19. The van der Waals surface area contributed by atoms with Gasteiger partial charge in [0, 0.05) is 13.1 Å². The van der Waals surface area contributed by atoms with Crippen molar-refractivity contribution in [3.63, 3.8) is 0 Å². The average molecular weight is 193 g/mol. The lowest BCUT2D eigenvalue weighted by Crippen LogP contribution is -2.35. The third kappa shape index (κ3) is 2.18. The minimum absolute atomic E-state index is 0.343. The molecule has 0 aliphatic carbocycles. The quantitative estimate of drug-likeness (QED) is 0.569. The molecule has 0 amide bonds. The second-order valence-electron chi connectivity index (χ2n) is 2.80. The fourth-order valence-electron chi connectivity index (χ4n) is 1.28. The number of carboxylic acids is 1. The number of carbonyl (C=O) groups is 1. The molecule has 0 aromatic heterocycles. The highest BCUT2D eigenvalue weighted by atomic mass is 32.2. The van der Waals surface area contributed by atoms with Gasteiger partial charge in [-0.1, -0.05) is 0 Å². The van der Waals surface area contributed by atoms with Gasteiger partial charge in [0.15, 0.2) is 0 Å². The summed E-state index contributed by atoms with van der Waals surface area (Å²) in [5, 5.41) is 8.59. The molecule has 0 aromatic rings. The maximum atomic E-state index is 10.5. The molecule has 1 N–H and O–H groups in total. The van der Waals surface area contributed by atoms with E-state index in [0.717, 1.165) is 0 Å². The third-order valence-electron chi connectivity index (χ3n) is 2.05. The first-order valence-corrected chi connectivity index (χ1v) is 4.86. The predicted octanol–water partition coefficient (Wildman–Crippen LogP) is -0.691. The van der Waals surface area contributed by atoms with Crippen LogP contribution < -0.4 is 0 Å². The lowest BCUT2D eigenvalue weighted by Gasteiger charge is -2.24. The summed E-state index contributed by atoms with van der Waals surface area (Å²) in [6.07, 6.45) is 0.858. The van der Waals surface area contributed by atoms with Crippen LogP contribution in [0.5, 0.6) is 0 Å². The van der Waals surface area contributed by atoms with Crippen LogP contribution in [0.4, 0.5) is 0 Å². The molecule has 5 nitrogen and oxygen atoms in total. The molecule has 6 heteroatoms. The largest absolute Gasteiger partial charge is 0.481 e. The van der Waals surface area contributed by atoms with Gasteiger partial charge in [-0.2, -0.15) is 0 Å². The highest BCUT2D eigenvalue weighted by Gasteiger charge is 2.25. The van der Waals surface area contributed by atoms with Crippen LogP contribution in [0.1, 0.15) is 12.8 Å². The summed E-state index contributed by atoms with van der Waals surface area (Å²) >= 11 is 0. The fraction of sp³-hybridized carbons (Fsp3) is 0.833. The lowest BCUT2D eigenvalue weighted by molar-refractivity contribution is -0.142. The fourth-order valence-corrected chi connectivity index (χ4v) is 1.83. The van der Waals surface area contributed by atoms with Crippen LogP contribution >= 0.6 is 0 Å². The summed E-state index contributed by atoms with van der Waals surface area (Å²) in [7, 11) is -2.52. The SMILES string of the molecule is O=C(O)C1CCN([SH](=O)=O)CC1. The van der Waals surface area contributed by atoms with Gasteiger partial charge in [-0.3, -0.25) is 4.79 Å². The summed E-state index contributed by atoms with van der Waals surface area (Å²) in [5.41, 5.74) is 0. The Morgan fingerprint density at radius 2 is 1.83 bits per heavy atom. The smallest absolute Gasteiger partial charge is 0.306 e. The van der Waals surface area contributed by atoms with Crippen LogP contribution in [-0.4, -0.2) is 36.9 Å². The molecule has 0 spiro atoms. The molecule has 0 unspecified atom stereocenters. The summed E-state index contributed by atoms with van der Waals surface area (Å²) in [4.78, 5) is 10.5. The predicted molar refractivity (Wildman–Crippen MR) is 42.2 cm³/mol. The van der Waals surface area contributed by atoms with Crippen molar-refractivity contribution in [3.8, 4) is 0 Å². The first-order valence-electron chi connectivity index (χ1n) is 3.73. The number of piperidine rings is 1. The van der Waals surface area contributed by atoms with E-state index in [1.807, 2.05) is 0 Å². The Hall–Kier alpha value is -0.620. The van der Waals surface area contributed by atoms with Crippen molar-refractivity contribution in [1.82, 2.24) is 4.31 Å². The number of thiol groups is 1. The van der Waals surface area contributed by atoms with Crippen molar-refractivity contribution in [2.45, 2.75) is 12.8 Å². The van der Waals surface area contributed by atoms with Gasteiger partial charge in [0.05, 0.1) is 5.92 Å². The summed E-state index contributed by atoms with van der Waals surface area (Å²) < 4.78 is 22.2. The maximum Gasteiger partial charge on any atom is 0.306 e. The van der Waals surface area contributed by atoms with Crippen LogP contribution in [0.15, 0.2) is 0 Å². The number of hydrogen-bond acceptors (Lipinski definition) is 3. The van der Waals surface area contributed by atoms with Crippen molar-refractivity contribution in [2.24, 2.45) is 5.92 Å². The van der Waals surface area contributed by atoms with E-state index in [-0.39, 0.29) is 5.92 Å². The minimum Gasteiger partial charge on any atom is -0.481 e. The normalized spacial score (nSPS) is 21.4. The van der Waals surface area contributed by atoms with Crippen LogP contribution in [0, 0.1) is 5.92 Å². The zero-order chi connectivity index (χ0) is 9.14. The molecule has 1 aliphatic rings. The van der Waals surface area contributed by atoms with Crippen molar-refractivity contribution in [2.75, 3.05) is 13.1 Å². The van der Waals surface area contributed by atoms with E-state index in [4.69, 9.17) is 5.11 Å². The molecule has 12 heavy (non-hydrogen) atoms. The Morgan fingerprint density at radius 3 is 2.17 bits per heavy atom. The number of nitrogens with zero attached hydrogens (tertiary/aromatic N) is 1. The van der Waals surface area contributed by atoms with E-state index < -0.39 is 16.9 Å². The molecular formula is C6H11NO4S. The van der Waals surface area contributed by atoms with Crippen LogP contribution in [0.2, 0.25) is 0 Å². The van der Waals surface area contributed by atoms with Gasteiger partial charge >= 0.3 is 5.97 Å². The van der Waals surface area contributed by atoms with Crippen LogP contribution in [0.3, 0.4) is 0 Å². The highest BCUT2D eigenvalue weighted by Crippen LogP contribution is 2.16. The van der Waals surface area contributed by atoms with Gasteiger partial charge < -0.3 is 5.11 Å². The van der Waals surface area contributed by atoms with Gasteiger partial charge in [-0.05, 0) is 12.8 Å². The Balaban J connectivity index is 2.44. The topological polar surface area (TPSA) is 74.7 Å². The average Bonchev–Trinajstić information content (AvgIpc) is 2.04. The lowest BCUT2D eigenvalue weighted by atomic mass is 9.99. The Bertz CT molecular complexity index is 234. The first kappa shape index (κ1) is 9.47. The third-order valence-corrected chi connectivity index (χ3v) is 2.91. The molecule has 0 atom stereocenters. The van der Waals surface area contributed by atoms with E-state index >= 15 is 0 Å². The second-order valence-corrected chi connectivity index (χ2v) is 3.85. The van der Waals surface area contributed by atoms with E-state index in [9.17, 15) is 13.2 Å². The molecule has 0 bridgehead atoms. The van der Waals surface area contributed by atoms with Gasteiger partial charge in [0.1, 0.15) is 0 Å². The van der Waals surface area contributed by atoms with E-state index in [0.29, 0.717) is 25.9 Å². The molecule has 0 saturated carbocycles. The molecule has 1 fully saturated rings. The van der Waals surface area contributed by atoms with Gasteiger partial charge in [-0.25, -0.2) is 12.7 Å². The zero-order valence-electron chi connectivity index (χ0n) is 6.47. The van der Waals surface area contributed by atoms with Crippen molar-refractivity contribution in [3.05, 3.63) is 0 Å². The molecular weight excluding hydrogens is 182 g/mol. The molecule has 1 saturated heterocycles. The van der Waals surface area contributed by atoms with E-state index in [1.165, 1.54) is 4.31 Å². The second kappa shape index (κ2) is 3.86. The molecule has 70 valence electrons. The number of hydrogen-bond donors (Lipinski definition) is 2. The van der Waals surface area contributed by atoms with Crippen molar-refractivity contribution >= 4 is 16.9 Å². The molecule has 0 radical (unpaired) electrons. The van der Waals surface area contributed by atoms with E-state index in [2.05, 4.69) is 0 Å².